The molecular weight excluding hydrogens is 238 g/mol. The molecule has 0 saturated heterocycles. The highest BCUT2D eigenvalue weighted by atomic mass is 16.5. The van der Waals surface area contributed by atoms with Crippen molar-refractivity contribution in [3.05, 3.63) is 59.9 Å². The van der Waals surface area contributed by atoms with Crippen LogP contribution in [-0.4, -0.2) is 18.4 Å². The van der Waals surface area contributed by atoms with E-state index in [9.17, 15) is 4.79 Å². The van der Waals surface area contributed by atoms with Crippen LogP contribution in [0.5, 0.6) is 5.75 Å². The second kappa shape index (κ2) is 5.65. The summed E-state index contributed by atoms with van der Waals surface area (Å²) in [6, 6.07) is 11.5. The van der Waals surface area contributed by atoms with Gasteiger partial charge < -0.3 is 9.53 Å². The molecule has 19 heavy (non-hydrogen) atoms. The molecule has 0 aliphatic carbocycles. The Balaban J connectivity index is 2.28. The fourth-order valence-electron chi connectivity index (χ4n) is 2.11. The molecule has 0 bridgehead atoms. The number of nitrogens with zero attached hydrogens (tertiary/aromatic N) is 1. The Hall–Kier alpha value is -2.16. The number of ether oxygens (including phenoxy) is 1. The first kappa shape index (κ1) is 13.3. The Bertz CT molecular complexity index is 536. The van der Waals surface area contributed by atoms with E-state index in [0.29, 0.717) is 6.42 Å². The van der Waals surface area contributed by atoms with Crippen LogP contribution in [0.4, 0.5) is 0 Å². The van der Waals surface area contributed by atoms with Gasteiger partial charge in [0, 0.05) is 12.4 Å². The summed E-state index contributed by atoms with van der Waals surface area (Å²) in [5, 5.41) is 0. The maximum absolute atomic E-state index is 11.5. The Morgan fingerprint density at radius 3 is 2.32 bits per heavy atom. The standard InChI is InChI=1S/C16H17NO2/c1-16(12-18,11-13-7-9-17-10-8-13)14-3-5-15(19-2)6-4-14/h3-10,12H,11H2,1-2H3. The van der Waals surface area contributed by atoms with Crippen molar-refractivity contribution in [3.8, 4) is 5.75 Å². The van der Waals surface area contributed by atoms with Crippen LogP contribution in [0.1, 0.15) is 18.1 Å². The van der Waals surface area contributed by atoms with Gasteiger partial charge in [-0.25, -0.2) is 0 Å². The van der Waals surface area contributed by atoms with Crippen LogP contribution < -0.4 is 4.74 Å². The number of benzene rings is 1. The molecule has 0 radical (unpaired) electrons. The Morgan fingerprint density at radius 1 is 1.16 bits per heavy atom. The average molecular weight is 255 g/mol. The molecule has 3 nitrogen and oxygen atoms in total. The fraction of sp³-hybridized carbons (Fsp3) is 0.250. The van der Waals surface area contributed by atoms with Gasteiger partial charge in [-0.1, -0.05) is 12.1 Å². The van der Waals surface area contributed by atoms with E-state index in [-0.39, 0.29) is 0 Å². The minimum Gasteiger partial charge on any atom is -0.497 e. The van der Waals surface area contributed by atoms with Gasteiger partial charge in [-0.05, 0) is 48.7 Å². The quantitative estimate of drug-likeness (QED) is 0.771. The molecule has 1 aromatic heterocycles. The van der Waals surface area contributed by atoms with Crippen molar-refractivity contribution in [2.45, 2.75) is 18.8 Å². The zero-order chi connectivity index (χ0) is 13.7. The zero-order valence-corrected chi connectivity index (χ0v) is 11.2. The molecule has 3 heteroatoms. The molecule has 1 atom stereocenters. The summed E-state index contributed by atoms with van der Waals surface area (Å²) in [6.07, 6.45) is 5.16. The highest BCUT2D eigenvalue weighted by molar-refractivity contribution is 5.68. The number of hydrogen-bond donors (Lipinski definition) is 0. The first-order chi connectivity index (χ1) is 9.18. The van der Waals surface area contributed by atoms with Crippen LogP contribution in [0.2, 0.25) is 0 Å². The number of methoxy groups -OCH3 is 1. The Labute approximate surface area is 113 Å². The molecule has 0 amide bonds. The third-order valence-corrected chi connectivity index (χ3v) is 3.33. The molecular formula is C16H17NO2. The summed E-state index contributed by atoms with van der Waals surface area (Å²) in [6.45, 7) is 1.95. The first-order valence-corrected chi connectivity index (χ1v) is 6.18. The van der Waals surface area contributed by atoms with Gasteiger partial charge in [0.1, 0.15) is 12.0 Å². The maximum Gasteiger partial charge on any atom is 0.130 e. The van der Waals surface area contributed by atoms with Gasteiger partial charge in [-0.15, -0.1) is 0 Å². The second-order valence-electron chi connectivity index (χ2n) is 4.80. The molecule has 0 spiro atoms. The van der Waals surface area contributed by atoms with Crippen molar-refractivity contribution in [1.29, 1.82) is 0 Å². The fourth-order valence-corrected chi connectivity index (χ4v) is 2.11. The smallest absolute Gasteiger partial charge is 0.130 e. The van der Waals surface area contributed by atoms with Crippen LogP contribution in [0.15, 0.2) is 48.8 Å². The molecule has 0 aliphatic heterocycles. The number of carbonyl (C=O) groups is 1. The lowest BCUT2D eigenvalue weighted by Gasteiger charge is -2.24. The highest BCUT2D eigenvalue weighted by Gasteiger charge is 2.26. The van der Waals surface area contributed by atoms with E-state index < -0.39 is 5.41 Å². The minimum atomic E-state index is -0.534. The predicted octanol–water partition coefficient (Wildman–Crippen LogP) is 2.79. The average Bonchev–Trinajstić information content (AvgIpc) is 2.48. The SMILES string of the molecule is COc1ccc(C(C)(C=O)Cc2ccncc2)cc1. The van der Waals surface area contributed by atoms with Crippen molar-refractivity contribution in [2.75, 3.05) is 7.11 Å². The summed E-state index contributed by atoms with van der Waals surface area (Å²) in [5.41, 5.74) is 1.55. The topological polar surface area (TPSA) is 39.2 Å². The van der Waals surface area contributed by atoms with Gasteiger partial charge in [0.05, 0.1) is 12.5 Å². The Morgan fingerprint density at radius 2 is 1.79 bits per heavy atom. The summed E-state index contributed by atoms with van der Waals surface area (Å²) < 4.78 is 5.14. The number of rotatable bonds is 5. The van der Waals surface area contributed by atoms with Gasteiger partial charge in [0.15, 0.2) is 0 Å². The van der Waals surface area contributed by atoms with Crippen LogP contribution in [0.25, 0.3) is 0 Å². The van der Waals surface area contributed by atoms with E-state index in [1.54, 1.807) is 19.5 Å². The zero-order valence-electron chi connectivity index (χ0n) is 11.2. The Kier molecular flexibility index (Phi) is 3.95. The van der Waals surface area contributed by atoms with Crippen LogP contribution >= 0.6 is 0 Å². The van der Waals surface area contributed by atoms with Gasteiger partial charge >= 0.3 is 0 Å². The third-order valence-electron chi connectivity index (χ3n) is 3.33. The molecule has 98 valence electrons. The van der Waals surface area contributed by atoms with Crippen molar-refractivity contribution < 1.29 is 9.53 Å². The largest absolute Gasteiger partial charge is 0.497 e. The van der Waals surface area contributed by atoms with E-state index in [1.165, 1.54) is 0 Å². The highest BCUT2D eigenvalue weighted by Crippen LogP contribution is 2.27. The molecule has 0 N–H and O–H groups in total. The summed E-state index contributed by atoms with van der Waals surface area (Å²) in [7, 11) is 1.63. The van der Waals surface area contributed by atoms with Crippen molar-refractivity contribution >= 4 is 6.29 Å². The normalized spacial score (nSPS) is 13.6. The summed E-state index contributed by atoms with van der Waals surface area (Å²) in [5.74, 6) is 0.793. The molecule has 1 aromatic carbocycles. The molecule has 0 aliphatic rings. The lowest BCUT2D eigenvalue weighted by Crippen LogP contribution is -2.26. The van der Waals surface area contributed by atoms with Gasteiger partial charge in [0.25, 0.3) is 0 Å². The number of carbonyl (C=O) groups excluding carboxylic acids is 1. The predicted molar refractivity (Wildman–Crippen MR) is 74.4 cm³/mol. The molecule has 1 unspecified atom stereocenters. The monoisotopic (exact) mass is 255 g/mol. The third kappa shape index (κ3) is 2.99. The van der Waals surface area contributed by atoms with E-state index in [4.69, 9.17) is 4.74 Å². The molecule has 0 fully saturated rings. The van der Waals surface area contributed by atoms with E-state index in [0.717, 1.165) is 23.2 Å². The van der Waals surface area contributed by atoms with E-state index in [1.807, 2.05) is 43.3 Å². The van der Waals surface area contributed by atoms with Gasteiger partial charge in [-0.3, -0.25) is 4.98 Å². The maximum atomic E-state index is 11.5. The number of aldehydes is 1. The molecule has 1 heterocycles. The van der Waals surface area contributed by atoms with E-state index in [2.05, 4.69) is 4.98 Å². The van der Waals surface area contributed by atoms with Crippen LogP contribution in [-0.2, 0) is 16.6 Å². The number of aromatic nitrogens is 1. The van der Waals surface area contributed by atoms with Crippen molar-refractivity contribution in [2.24, 2.45) is 0 Å². The first-order valence-electron chi connectivity index (χ1n) is 6.18. The van der Waals surface area contributed by atoms with E-state index >= 15 is 0 Å². The van der Waals surface area contributed by atoms with Crippen LogP contribution in [0.3, 0.4) is 0 Å². The van der Waals surface area contributed by atoms with Crippen molar-refractivity contribution in [3.63, 3.8) is 0 Å². The summed E-state index contributed by atoms with van der Waals surface area (Å²) >= 11 is 0. The number of hydrogen-bond acceptors (Lipinski definition) is 3. The van der Waals surface area contributed by atoms with Crippen LogP contribution in [0, 0.1) is 0 Å². The van der Waals surface area contributed by atoms with Gasteiger partial charge in [-0.2, -0.15) is 0 Å². The lowest BCUT2D eigenvalue weighted by atomic mass is 9.79. The number of pyridine rings is 1. The molecule has 2 rings (SSSR count). The molecule has 0 saturated carbocycles. The second-order valence-corrected chi connectivity index (χ2v) is 4.80. The molecule has 2 aromatic rings. The van der Waals surface area contributed by atoms with Gasteiger partial charge in [0.2, 0.25) is 0 Å². The minimum absolute atomic E-state index is 0.534. The summed E-state index contributed by atoms with van der Waals surface area (Å²) in [4.78, 5) is 15.5. The lowest BCUT2D eigenvalue weighted by molar-refractivity contribution is -0.112. The van der Waals surface area contributed by atoms with Crippen molar-refractivity contribution in [1.82, 2.24) is 4.98 Å².